The monoisotopic (exact) mass is 413 g/mol. The van der Waals surface area contributed by atoms with Gasteiger partial charge in [-0.15, -0.1) is 21.5 Å². The van der Waals surface area contributed by atoms with E-state index in [0.29, 0.717) is 24.2 Å². The van der Waals surface area contributed by atoms with Crippen LogP contribution < -0.4 is 0 Å². The third kappa shape index (κ3) is 3.10. The Morgan fingerprint density at radius 2 is 2.07 bits per heavy atom. The molecule has 1 atom stereocenters. The smallest absolute Gasteiger partial charge is 0.248 e. The van der Waals surface area contributed by atoms with Crippen molar-refractivity contribution in [3.63, 3.8) is 0 Å². The molecular formula is C21H23N3O2S2. The van der Waals surface area contributed by atoms with Crippen LogP contribution in [0.2, 0.25) is 0 Å². The molecule has 0 spiro atoms. The van der Waals surface area contributed by atoms with Gasteiger partial charge in [-0.25, -0.2) is 0 Å². The van der Waals surface area contributed by atoms with Crippen molar-refractivity contribution in [3.05, 3.63) is 45.1 Å². The minimum atomic E-state index is -0.313. The summed E-state index contributed by atoms with van der Waals surface area (Å²) in [4.78, 5) is 17.0. The van der Waals surface area contributed by atoms with Crippen LogP contribution in [0, 0.1) is 0 Å². The number of piperidine rings is 1. The van der Waals surface area contributed by atoms with Crippen molar-refractivity contribution in [2.24, 2.45) is 0 Å². The molecule has 0 aromatic carbocycles. The molecule has 2 fully saturated rings. The fraction of sp³-hybridized carbons (Fsp3) is 0.476. The van der Waals surface area contributed by atoms with Gasteiger partial charge in [-0.1, -0.05) is 18.9 Å². The number of hydrogen-bond acceptors (Lipinski definition) is 6. The summed E-state index contributed by atoms with van der Waals surface area (Å²) in [5.74, 6) is 1.66. The van der Waals surface area contributed by atoms with Crippen molar-refractivity contribution in [2.75, 3.05) is 13.1 Å². The molecule has 7 heteroatoms. The molecule has 3 aromatic heterocycles. The third-order valence-electron chi connectivity index (χ3n) is 6.13. The minimum absolute atomic E-state index is 0.124. The second kappa shape index (κ2) is 7.44. The van der Waals surface area contributed by atoms with Gasteiger partial charge in [0.25, 0.3) is 0 Å². The summed E-state index contributed by atoms with van der Waals surface area (Å²) in [6.07, 6.45) is 6.17. The maximum atomic E-state index is 13.7. The van der Waals surface area contributed by atoms with E-state index in [1.165, 1.54) is 4.88 Å². The summed E-state index contributed by atoms with van der Waals surface area (Å²) < 4.78 is 5.97. The molecule has 28 heavy (non-hydrogen) atoms. The van der Waals surface area contributed by atoms with E-state index in [-0.39, 0.29) is 11.3 Å². The van der Waals surface area contributed by atoms with E-state index < -0.39 is 0 Å². The zero-order chi connectivity index (χ0) is 19.0. The van der Waals surface area contributed by atoms with Gasteiger partial charge >= 0.3 is 0 Å². The van der Waals surface area contributed by atoms with Gasteiger partial charge in [0.15, 0.2) is 0 Å². The van der Waals surface area contributed by atoms with Gasteiger partial charge in [0.1, 0.15) is 0 Å². The van der Waals surface area contributed by atoms with Crippen molar-refractivity contribution >= 4 is 28.6 Å². The summed E-state index contributed by atoms with van der Waals surface area (Å²) >= 11 is 3.34. The summed E-state index contributed by atoms with van der Waals surface area (Å²) in [6, 6.07) is 6.20. The van der Waals surface area contributed by atoms with Gasteiger partial charge < -0.3 is 9.32 Å². The van der Waals surface area contributed by atoms with Crippen molar-refractivity contribution in [1.82, 2.24) is 15.1 Å². The molecule has 1 unspecified atom stereocenters. The molecule has 1 aliphatic heterocycles. The van der Waals surface area contributed by atoms with Crippen LogP contribution in [0.5, 0.6) is 0 Å². The predicted molar refractivity (Wildman–Crippen MR) is 111 cm³/mol. The Hall–Kier alpha value is -1.99. The molecule has 1 saturated heterocycles. The Kier molecular flexibility index (Phi) is 4.80. The van der Waals surface area contributed by atoms with Crippen LogP contribution >= 0.6 is 22.7 Å². The topological polar surface area (TPSA) is 59.2 Å². The number of thiophene rings is 2. The van der Waals surface area contributed by atoms with Crippen LogP contribution in [-0.2, 0) is 10.2 Å². The summed E-state index contributed by atoms with van der Waals surface area (Å²) in [6.45, 7) is 1.51. The number of nitrogens with zero attached hydrogens (tertiary/aromatic N) is 3. The van der Waals surface area contributed by atoms with E-state index in [0.717, 1.165) is 50.6 Å². The first kappa shape index (κ1) is 18.1. The molecule has 0 bridgehead atoms. The van der Waals surface area contributed by atoms with E-state index in [4.69, 9.17) is 4.42 Å². The lowest BCUT2D eigenvalue weighted by atomic mass is 9.82. The molecule has 1 amide bonds. The highest BCUT2D eigenvalue weighted by Crippen LogP contribution is 2.45. The SMILES string of the molecule is O=C(N1CCCC(c2nnc(-c3ccsc3)o2)C1)C1(c2cccs2)CCCC1. The molecule has 3 aromatic rings. The second-order valence-corrected chi connectivity index (χ2v) is 9.54. The van der Waals surface area contributed by atoms with Crippen LogP contribution in [0.25, 0.3) is 11.5 Å². The van der Waals surface area contributed by atoms with Gasteiger partial charge in [0, 0.05) is 28.9 Å². The van der Waals surface area contributed by atoms with E-state index >= 15 is 0 Å². The Balaban J connectivity index is 1.36. The van der Waals surface area contributed by atoms with Crippen LogP contribution in [-0.4, -0.2) is 34.1 Å². The lowest BCUT2D eigenvalue weighted by Gasteiger charge is -2.38. The largest absolute Gasteiger partial charge is 0.420 e. The first-order valence-electron chi connectivity index (χ1n) is 9.96. The lowest BCUT2D eigenvalue weighted by molar-refractivity contribution is -0.138. The Bertz CT molecular complexity index is 927. The summed E-state index contributed by atoms with van der Waals surface area (Å²) in [5.41, 5.74) is 0.655. The highest BCUT2D eigenvalue weighted by atomic mass is 32.1. The maximum absolute atomic E-state index is 13.7. The van der Waals surface area contributed by atoms with Crippen molar-refractivity contribution < 1.29 is 9.21 Å². The fourth-order valence-electron chi connectivity index (χ4n) is 4.66. The van der Waals surface area contributed by atoms with Crippen LogP contribution in [0.15, 0.2) is 38.8 Å². The number of rotatable bonds is 4. The second-order valence-electron chi connectivity index (χ2n) is 7.81. The number of carbonyl (C=O) groups excluding carboxylic acids is 1. The lowest BCUT2D eigenvalue weighted by Crippen LogP contribution is -2.48. The summed E-state index contributed by atoms with van der Waals surface area (Å²) in [7, 11) is 0. The first-order chi connectivity index (χ1) is 13.8. The molecule has 4 heterocycles. The quantitative estimate of drug-likeness (QED) is 0.599. The highest BCUT2D eigenvalue weighted by Gasteiger charge is 2.46. The summed E-state index contributed by atoms with van der Waals surface area (Å²) in [5, 5.41) is 14.6. The average Bonchev–Trinajstić information content (AvgIpc) is 3.52. The average molecular weight is 414 g/mol. The molecule has 2 aliphatic rings. The molecule has 5 nitrogen and oxygen atoms in total. The molecule has 0 N–H and O–H groups in total. The van der Waals surface area contributed by atoms with Crippen LogP contribution in [0.3, 0.4) is 0 Å². The Labute approximate surface area is 172 Å². The Morgan fingerprint density at radius 3 is 2.82 bits per heavy atom. The molecule has 146 valence electrons. The minimum Gasteiger partial charge on any atom is -0.420 e. The van der Waals surface area contributed by atoms with E-state index in [9.17, 15) is 4.79 Å². The normalized spacial score (nSPS) is 21.9. The number of amides is 1. The molecule has 1 saturated carbocycles. The Morgan fingerprint density at radius 1 is 1.18 bits per heavy atom. The standard InChI is InChI=1S/C21H23N3O2S2/c25-20(21(8-1-2-9-21)17-6-4-11-28-17)24-10-3-5-15(13-24)18-22-23-19(26-18)16-7-12-27-14-16/h4,6-7,11-12,14-15H,1-3,5,8-10,13H2. The first-order valence-corrected chi connectivity index (χ1v) is 11.8. The van der Waals surface area contributed by atoms with Gasteiger partial charge in [0.05, 0.1) is 11.3 Å². The predicted octanol–water partition coefficient (Wildman–Crippen LogP) is 5.08. The molecule has 0 radical (unpaired) electrons. The molecular weight excluding hydrogens is 390 g/mol. The third-order valence-corrected chi connectivity index (χ3v) is 7.88. The molecule has 1 aliphatic carbocycles. The zero-order valence-corrected chi connectivity index (χ0v) is 17.3. The van der Waals surface area contributed by atoms with E-state index in [1.807, 2.05) is 16.8 Å². The number of aromatic nitrogens is 2. The zero-order valence-electron chi connectivity index (χ0n) is 15.7. The maximum Gasteiger partial charge on any atom is 0.248 e. The molecule has 5 rings (SSSR count). The van der Waals surface area contributed by atoms with Crippen LogP contribution in [0.1, 0.15) is 55.2 Å². The van der Waals surface area contributed by atoms with Crippen molar-refractivity contribution in [3.8, 4) is 11.5 Å². The highest BCUT2D eigenvalue weighted by molar-refractivity contribution is 7.10. The van der Waals surface area contributed by atoms with Gasteiger partial charge in [-0.3, -0.25) is 4.79 Å². The number of hydrogen-bond donors (Lipinski definition) is 0. The van der Waals surface area contributed by atoms with E-state index in [1.54, 1.807) is 22.7 Å². The van der Waals surface area contributed by atoms with Crippen LogP contribution in [0.4, 0.5) is 0 Å². The van der Waals surface area contributed by atoms with E-state index in [2.05, 4.69) is 32.6 Å². The van der Waals surface area contributed by atoms with Gasteiger partial charge in [0.2, 0.25) is 17.7 Å². The number of carbonyl (C=O) groups is 1. The van der Waals surface area contributed by atoms with Gasteiger partial charge in [-0.2, -0.15) is 11.3 Å². The number of likely N-dealkylation sites (tertiary alicyclic amines) is 1. The van der Waals surface area contributed by atoms with Crippen molar-refractivity contribution in [2.45, 2.75) is 49.9 Å². The van der Waals surface area contributed by atoms with Gasteiger partial charge in [-0.05, 0) is 48.6 Å². The fourth-order valence-corrected chi connectivity index (χ4v) is 6.27. The van der Waals surface area contributed by atoms with Crippen molar-refractivity contribution in [1.29, 1.82) is 0 Å².